The molecule has 1 heterocycles. The van der Waals surface area contributed by atoms with Crippen molar-refractivity contribution in [1.29, 1.82) is 0 Å². The van der Waals surface area contributed by atoms with Crippen molar-refractivity contribution >= 4 is 11.6 Å². The maximum absolute atomic E-state index is 11.7. The molecule has 0 unspecified atom stereocenters. The predicted molar refractivity (Wildman–Crippen MR) is 75.2 cm³/mol. The third-order valence-electron chi connectivity index (χ3n) is 4.56. The number of anilines is 1. The lowest BCUT2D eigenvalue weighted by atomic mass is 9.83. The van der Waals surface area contributed by atoms with Gasteiger partial charge in [-0.15, -0.1) is 0 Å². The Morgan fingerprint density at radius 3 is 2.74 bits per heavy atom. The Balaban J connectivity index is 1.70. The minimum Gasteiger partial charge on any atom is -0.393 e. The molecule has 1 saturated carbocycles. The first-order valence-electron chi connectivity index (χ1n) is 7.20. The molecule has 0 spiro atoms. The van der Waals surface area contributed by atoms with Crippen molar-refractivity contribution < 1.29 is 9.90 Å². The van der Waals surface area contributed by atoms with E-state index in [1.807, 2.05) is 7.05 Å². The van der Waals surface area contributed by atoms with Crippen molar-refractivity contribution in [3.8, 4) is 0 Å². The molecule has 0 atom stereocenters. The lowest BCUT2D eigenvalue weighted by Gasteiger charge is -2.25. The lowest BCUT2D eigenvalue weighted by molar-refractivity contribution is -0.117. The molecule has 102 valence electrons. The molecule has 1 aromatic carbocycles. The predicted octanol–water partition coefficient (Wildman–Crippen LogP) is 2.30. The van der Waals surface area contributed by atoms with Crippen LogP contribution in [0.25, 0.3) is 0 Å². The Kier molecular flexibility index (Phi) is 3.31. The summed E-state index contributed by atoms with van der Waals surface area (Å²) >= 11 is 0. The van der Waals surface area contributed by atoms with Gasteiger partial charge in [-0.3, -0.25) is 4.79 Å². The molecule has 0 aromatic heterocycles. The first-order valence-corrected chi connectivity index (χ1v) is 7.20. The van der Waals surface area contributed by atoms with Crippen molar-refractivity contribution in [2.45, 2.75) is 44.6 Å². The van der Waals surface area contributed by atoms with E-state index >= 15 is 0 Å². The Bertz CT molecular complexity index is 490. The van der Waals surface area contributed by atoms with Crippen molar-refractivity contribution in [1.82, 2.24) is 0 Å². The van der Waals surface area contributed by atoms with Crippen molar-refractivity contribution in [2.75, 3.05) is 11.9 Å². The van der Waals surface area contributed by atoms with Gasteiger partial charge in [-0.25, -0.2) is 0 Å². The van der Waals surface area contributed by atoms with Gasteiger partial charge in [-0.1, -0.05) is 12.1 Å². The number of benzene rings is 1. The van der Waals surface area contributed by atoms with E-state index in [0.29, 0.717) is 12.3 Å². The maximum Gasteiger partial charge on any atom is 0.231 e. The SMILES string of the molecule is CN1C(=O)Cc2cc(CC3CCC(O)CC3)ccc21. The number of nitrogens with zero attached hydrogens (tertiary/aromatic N) is 1. The Morgan fingerprint density at radius 1 is 1.26 bits per heavy atom. The number of likely N-dealkylation sites (N-methyl/N-ethyl adjacent to an activating group) is 1. The third kappa shape index (κ3) is 2.52. The smallest absolute Gasteiger partial charge is 0.231 e. The summed E-state index contributed by atoms with van der Waals surface area (Å²) in [6, 6.07) is 6.42. The molecule has 1 amide bonds. The number of hydrogen-bond donors (Lipinski definition) is 1. The molecule has 3 rings (SSSR count). The normalized spacial score (nSPS) is 26.6. The second-order valence-electron chi connectivity index (χ2n) is 5.97. The number of fused-ring (bicyclic) bond motifs is 1. The quantitative estimate of drug-likeness (QED) is 0.885. The molecular weight excluding hydrogens is 238 g/mol. The fourth-order valence-electron chi connectivity index (χ4n) is 3.33. The van der Waals surface area contributed by atoms with Crippen LogP contribution in [-0.4, -0.2) is 24.2 Å². The number of carbonyl (C=O) groups excluding carboxylic acids is 1. The highest BCUT2D eigenvalue weighted by atomic mass is 16.3. The van der Waals surface area contributed by atoms with Crippen LogP contribution in [0.1, 0.15) is 36.8 Å². The fourth-order valence-corrected chi connectivity index (χ4v) is 3.33. The van der Waals surface area contributed by atoms with Crippen molar-refractivity contribution in [3.63, 3.8) is 0 Å². The first-order chi connectivity index (χ1) is 9.13. The summed E-state index contributed by atoms with van der Waals surface area (Å²) < 4.78 is 0. The van der Waals surface area contributed by atoms with Gasteiger partial charge >= 0.3 is 0 Å². The fraction of sp³-hybridized carbons (Fsp3) is 0.562. The summed E-state index contributed by atoms with van der Waals surface area (Å²) in [5.41, 5.74) is 3.57. The number of aliphatic hydroxyl groups is 1. The first kappa shape index (κ1) is 12.7. The summed E-state index contributed by atoms with van der Waals surface area (Å²) in [6.45, 7) is 0. The minimum absolute atomic E-state index is 0.0810. The van der Waals surface area contributed by atoms with Gasteiger partial charge in [0.1, 0.15) is 0 Å². The van der Waals surface area contributed by atoms with Gasteiger partial charge in [0, 0.05) is 12.7 Å². The Labute approximate surface area is 114 Å². The van der Waals surface area contributed by atoms with Crippen molar-refractivity contribution in [2.24, 2.45) is 5.92 Å². The molecule has 0 bridgehead atoms. The van der Waals surface area contributed by atoms with Gasteiger partial charge in [0.05, 0.1) is 12.5 Å². The molecule has 0 saturated heterocycles. The van der Waals surface area contributed by atoms with E-state index in [0.717, 1.165) is 37.8 Å². The van der Waals surface area contributed by atoms with E-state index in [2.05, 4.69) is 18.2 Å². The zero-order valence-electron chi connectivity index (χ0n) is 11.4. The van der Waals surface area contributed by atoms with Crippen LogP contribution in [0.15, 0.2) is 18.2 Å². The number of hydrogen-bond acceptors (Lipinski definition) is 2. The molecule has 1 N–H and O–H groups in total. The summed E-state index contributed by atoms with van der Waals surface area (Å²) in [5.74, 6) is 0.879. The Morgan fingerprint density at radius 2 is 2.00 bits per heavy atom. The third-order valence-corrected chi connectivity index (χ3v) is 4.56. The number of amides is 1. The zero-order chi connectivity index (χ0) is 13.4. The average molecular weight is 259 g/mol. The topological polar surface area (TPSA) is 40.5 Å². The van der Waals surface area contributed by atoms with Crippen LogP contribution in [0.5, 0.6) is 0 Å². The van der Waals surface area contributed by atoms with E-state index in [1.165, 1.54) is 11.1 Å². The molecule has 1 fully saturated rings. The highest BCUT2D eigenvalue weighted by Crippen LogP contribution is 2.31. The second kappa shape index (κ2) is 4.97. The molecule has 2 aliphatic rings. The number of rotatable bonds is 2. The standard InChI is InChI=1S/C16H21NO2/c1-17-15-7-4-12(9-13(15)10-16(17)19)8-11-2-5-14(18)6-3-11/h4,7,9,11,14,18H,2-3,5-6,8,10H2,1H3. The van der Waals surface area contributed by atoms with E-state index in [-0.39, 0.29) is 12.0 Å². The largest absolute Gasteiger partial charge is 0.393 e. The van der Waals surface area contributed by atoms with Crippen LogP contribution in [0.2, 0.25) is 0 Å². The van der Waals surface area contributed by atoms with E-state index in [9.17, 15) is 9.90 Å². The molecule has 1 aliphatic carbocycles. The summed E-state index contributed by atoms with van der Waals surface area (Å²) in [4.78, 5) is 13.4. The highest BCUT2D eigenvalue weighted by molar-refractivity contribution is 6.00. The van der Waals surface area contributed by atoms with Crippen molar-refractivity contribution in [3.05, 3.63) is 29.3 Å². The van der Waals surface area contributed by atoms with Gasteiger partial charge in [0.15, 0.2) is 0 Å². The van der Waals surface area contributed by atoms with Crippen LogP contribution in [-0.2, 0) is 17.6 Å². The molecule has 1 aromatic rings. The number of carbonyl (C=O) groups is 1. The van der Waals surface area contributed by atoms with Gasteiger partial charge in [-0.2, -0.15) is 0 Å². The number of aliphatic hydroxyl groups excluding tert-OH is 1. The van der Waals surface area contributed by atoms with Gasteiger partial charge < -0.3 is 10.0 Å². The summed E-state index contributed by atoms with van der Waals surface area (Å²) in [5, 5.41) is 9.54. The van der Waals surface area contributed by atoms with E-state index in [4.69, 9.17) is 0 Å². The van der Waals surface area contributed by atoms with E-state index < -0.39 is 0 Å². The lowest BCUT2D eigenvalue weighted by Crippen LogP contribution is -2.20. The minimum atomic E-state index is -0.0810. The van der Waals surface area contributed by atoms with Gasteiger partial charge in [-0.05, 0) is 55.2 Å². The van der Waals surface area contributed by atoms with Crippen LogP contribution in [0.4, 0.5) is 5.69 Å². The average Bonchev–Trinajstić information content (AvgIpc) is 2.68. The molecular formula is C16H21NO2. The monoisotopic (exact) mass is 259 g/mol. The molecule has 19 heavy (non-hydrogen) atoms. The van der Waals surface area contributed by atoms with E-state index in [1.54, 1.807) is 4.90 Å². The van der Waals surface area contributed by atoms with Crippen LogP contribution >= 0.6 is 0 Å². The van der Waals surface area contributed by atoms with Crippen LogP contribution in [0.3, 0.4) is 0 Å². The molecule has 1 aliphatic heterocycles. The second-order valence-corrected chi connectivity index (χ2v) is 5.97. The highest BCUT2D eigenvalue weighted by Gasteiger charge is 2.25. The van der Waals surface area contributed by atoms with Gasteiger partial charge in [0.25, 0.3) is 0 Å². The Hall–Kier alpha value is -1.35. The molecule has 0 radical (unpaired) electrons. The van der Waals surface area contributed by atoms with Gasteiger partial charge in [0.2, 0.25) is 5.91 Å². The molecule has 3 nitrogen and oxygen atoms in total. The summed E-state index contributed by atoms with van der Waals surface area (Å²) in [6.07, 6.45) is 5.67. The zero-order valence-corrected chi connectivity index (χ0v) is 11.4. The maximum atomic E-state index is 11.7. The molecule has 3 heteroatoms. The van der Waals surface area contributed by atoms with Crippen LogP contribution < -0.4 is 4.90 Å². The van der Waals surface area contributed by atoms with Crippen LogP contribution in [0, 0.1) is 5.92 Å². The summed E-state index contributed by atoms with van der Waals surface area (Å²) in [7, 11) is 1.84.